The van der Waals surface area contributed by atoms with Gasteiger partial charge in [0.25, 0.3) is 5.91 Å². The number of rotatable bonds is 6. The molecule has 1 heterocycles. The summed E-state index contributed by atoms with van der Waals surface area (Å²) in [6.45, 7) is 1.72. The van der Waals surface area contributed by atoms with Gasteiger partial charge in [0.05, 0.1) is 20.3 Å². The van der Waals surface area contributed by atoms with Crippen LogP contribution in [0.4, 0.5) is 0 Å². The highest BCUT2D eigenvalue weighted by Crippen LogP contribution is 2.31. The molecule has 1 fully saturated rings. The van der Waals surface area contributed by atoms with Crippen molar-refractivity contribution in [2.24, 2.45) is 5.73 Å². The van der Waals surface area contributed by atoms with Gasteiger partial charge in [0.15, 0.2) is 17.6 Å². The summed E-state index contributed by atoms with van der Waals surface area (Å²) >= 11 is 0. The van der Waals surface area contributed by atoms with Crippen molar-refractivity contribution in [1.29, 1.82) is 0 Å². The van der Waals surface area contributed by atoms with Crippen molar-refractivity contribution in [1.82, 2.24) is 5.32 Å². The number of carbonyl (C=O) groups excluding carboxylic acids is 1. The SMILES string of the molecule is COc1ccc(C(OC2CCCNC2)C(N)=O)cc1OC. The largest absolute Gasteiger partial charge is 0.493 e. The minimum absolute atomic E-state index is 0.00986. The highest BCUT2D eigenvalue weighted by molar-refractivity contribution is 5.80. The summed E-state index contributed by atoms with van der Waals surface area (Å²) in [6.07, 6.45) is 1.16. The van der Waals surface area contributed by atoms with Crippen molar-refractivity contribution in [2.75, 3.05) is 27.3 Å². The third-order valence-electron chi connectivity index (χ3n) is 3.55. The molecule has 0 spiro atoms. The van der Waals surface area contributed by atoms with E-state index in [9.17, 15) is 4.79 Å². The smallest absolute Gasteiger partial charge is 0.251 e. The quantitative estimate of drug-likeness (QED) is 0.818. The zero-order valence-corrected chi connectivity index (χ0v) is 12.4. The second-order valence-electron chi connectivity index (χ2n) is 5.00. The molecule has 0 radical (unpaired) electrons. The number of hydrogen-bond acceptors (Lipinski definition) is 5. The Morgan fingerprint density at radius 1 is 1.33 bits per heavy atom. The van der Waals surface area contributed by atoms with Crippen LogP contribution in [0.25, 0.3) is 0 Å². The van der Waals surface area contributed by atoms with E-state index in [2.05, 4.69) is 5.32 Å². The Morgan fingerprint density at radius 2 is 2.10 bits per heavy atom. The van der Waals surface area contributed by atoms with E-state index in [1.165, 1.54) is 0 Å². The van der Waals surface area contributed by atoms with Crippen LogP contribution in [0.5, 0.6) is 11.5 Å². The first-order valence-electron chi connectivity index (χ1n) is 7.03. The van der Waals surface area contributed by atoms with Gasteiger partial charge in [-0.05, 0) is 37.1 Å². The summed E-state index contributed by atoms with van der Waals surface area (Å²) in [4.78, 5) is 11.7. The monoisotopic (exact) mass is 294 g/mol. The molecule has 1 aromatic carbocycles. The highest BCUT2D eigenvalue weighted by atomic mass is 16.5. The van der Waals surface area contributed by atoms with Gasteiger partial charge in [-0.25, -0.2) is 0 Å². The van der Waals surface area contributed by atoms with Gasteiger partial charge in [0, 0.05) is 6.54 Å². The van der Waals surface area contributed by atoms with Gasteiger partial charge in [-0.15, -0.1) is 0 Å². The number of primary amides is 1. The Morgan fingerprint density at radius 3 is 2.67 bits per heavy atom. The van der Waals surface area contributed by atoms with E-state index in [-0.39, 0.29) is 6.10 Å². The van der Waals surface area contributed by atoms with E-state index in [1.54, 1.807) is 32.4 Å². The summed E-state index contributed by atoms with van der Waals surface area (Å²) in [7, 11) is 3.11. The lowest BCUT2D eigenvalue weighted by Crippen LogP contribution is -2.38. The maximum absolute atomic E-state index is 11.7. The fourth-order valence-corrected chi connectivity index (χ4v) is 2.45. The lowest BCUT2D eigenvalue weighted by molar-refractivity contribution is -0.134. The second-order valence-corrected chi connectivity index (χ2v) is 5.00. The van der Waals surface area contributed by atoms with Gasteiger partial charge < -0.3 is 25.3 Å². The molecule has 6 heteroatoms. The third-order valence-corrected chi connectivity index (χ3v) is 3.55. The van der Waals surface area contributed by atoms with Gasteiger partial charge >= 0.3 is 0 Å². The van der Waals surface area contributed by atoms with Gasteiger partial charge in [0.1, 0.15) is 0 Å². The average molecular weight is 294 g/mol. The fourth-order valence-electron chi connectivity index (χ4n) is 2.45. The first-order valence-corrected chi connectivity index (χ1v) is 7.03. The van der Waals surface area contributed by atoms with Crippen LogP contribution in [0.3, 0.4) is 0 Å². The van der Waals surface area contributed by atoms with E-state index < -0.39 is 12.0 Å². The molecule has 116 valence electrons. The molecule has 2 atom stereocenters. The van der Waals surface area contributed by atoms with E-state index in [0.717, 1.165) is 25.9 Å². The summed E-state index contributed by atoms with van der Waals surface area (Å²) in [5.74, 6) is 0.642. The van der Waals surface area contributed by atoms with Crippen LogP contribution >= 0.6 is 0 Å². The average Bonchev–Trinajstić information content (AvgIpc) is 2.52. The Bertz CT molecular complexity index is 487. The number of nitrogens with one attached hydrogen (secondary N) is 1. The number of nitrogens with two attached hydrogens (primary N) is 1. The normalized spacial score (nSPS) is 19.8. The third kappa shape index (κ3) is 3.86. The van der Waals surface area contributed by atoms with Crippen LogP contribution in [-0.4, -0.2) is 39.3 Å². The van der Waals surface area contributed by atoms with Gasteiger partial charge in [0.2, 0.25) is 0 Å². The molecule has 1 saturated heterocycles. The van der Waals surface area contributed by atoms with E-state index >= 15 is 0 Å². The fraction of sp³-hybridized carbons (Fsp3) is 0.533. The van der Waals surface area contributed by atoms with Crippen LogP contribution in [0.2, 0.25) is 0 Å². The van der Waals surface area contributed by atoms with Crippen molar-refractivity contribution in [3.05, 3.63) is 23.8 Å². The second kappa shape index (κ2) is 7.28. The number of hydrogen-bond donors (Lipinski definition) is 2. The molecule has 0 aromatic heterocycles. The zero-order valence-electron chi connectivity index (χ0n) is 12.4. The number of piperidine rings is 1. The number of methoxy groups -OCH3 is 2. The summed E-state index contributed by atoms with van der Waals surface area (Å²) in [5, 5.41) is 3.25. The Labute approximate surface area is 124 Å². The minimum Gasteiger partial charge on any atom is -0.493 e. The molecule has 21 heavy (non-hydrogen) atoms. The maximum Gasteiger partial charge on any atom is 0.251 e. The molecule has 2 unspecified atom stereocenters. The summed E-state index contributed by atoms with van der Waals surface area (Å²) in [5.41, 5.74) is 6.16. The lowest BCUT2D eigenvalue weighted by atomic mass is 10.1. The predicted molar refractivity (Wildman–Crippen MR) is 78.5 cm³/mol. The van der Waals surface area contributed by atoms with Gasteiger partial charge in [-0.3, -0.25) is 4.79 Å². The van der Waals surface area contributed by atoms with E-state index in [4.69, 9.17) is 19.9 Å². The first kappa shape index (κ1) is 15.6. The van der Waals surface area contributed by atoms with Gasteiger partial charge in [-0.1, -0.05) is 6.07 Å². The molecule has 2 rings (SSSR count). The summed E-state index contributed by atoms with van der Waals surface area (Å²) < 4.78 is 16.3. The van der Waals surface area contributed by atoms with Crippen molar-refractivity contribution >= 4 is 5.91 Å². The van der Waals surface area contributed by atoms with Crippen LogP contribution in [0.15, 0.2) is 18.2 Å². The lowest BCUT2D eigenvalue weighted by Gasteiger charge is -2.27. The number of ether oxygens (including phenoxy) is 3. The molecule has 6 nitrogen and oxygen atoms in total. The highest BCUT2D eigenvalue weighted by Gasteiger charge is 2.25. The molecule has 0 saturated carbocycles. The molecule has 1 amide bonds. The first-order chi connectivity index (χ1) is 10.2. The minimum atomic E-state index is -0.783. The van der Waals surface area contributed by atoms with Crippen molar-refractivity contribution in [3.8, 4) is 11.5 Å². The molecule has 0 bridgehead atoms. The number of benzene rings is 1. The van der Waals surface area contributed by atoms with Crippen molar-refractivity contribution in [2.45, 2.75) is 25.0 Å². The molecular formula is C15H22N2O4. The van der Waals surface area contributed by atoms with E-state index in [0.29, 0.717) is 17.1 Å². The van der Waals surface area contributed by atoms with E-state index in [1.807, 2.05) is 0 Å². The molecular weight excluding hydrogens is 272 g/mol. The zero-order chi connectivity index (χ0) is 15.2. The number of carbonyl (C=O) groups is 1. The summed E-state index contributed by atoms with van der Waals surface area (Å²) in [6, 6.07) is 5.24. The Balaban J connectivity index is 2.19. The molecule has 1 aliphatic heterocycles. The van der Waals surface area contributed by atoms with Crippen LogP contribution in [-0.2, 0) is 9.53 Å². The van der Waals surface area contributed by atoms with Gasteiger partial charge in [-0.2, -0.15) is 0 Å². The Hall–Kier alpha value is -1.79. The van der Waals surface area contributed by atoms with Crippen molar-refractivity contribution < 1.29 is 19.0 Å². The van der Waals surface area contributed by atoms with Crippen LogP contribution in [0.1, 0.15) is 24.5 Å². The van der Waals surface area contributed by atoms with Crippen molar-refractivity contribution in [3.63, 3.8) is 0 Å². The Kier molecular flexibility index (Phi) is 5.41. The molecule has 0 aliphatic carbocycles. The topological polar surface area (TPSA) is 82.8 Å². The molecule has 3 N–H and O–H groups in total. The molecule has 1 aromatic rings. The van der Waals surface area contributed by atoms with Crippen LogP contribution < -0.4 is 20.5 Å². The molecule has 1 aliphatic rings. The number of amides is 1. The maximum atomic E-state index is 11.7. The predicted octanol–water partition coefficient (Wildman–Crippen LogP) is 0.999. The van der Waals surface area contributed by atoms with Crippen LogP contribution in [0, 0.1) is 0 Å². The standard InChI is InChI=1S/C15H22N2O4/c1-19-12-6-5-10(8-13(12)20-2)14(15(16)18)21-11-4-3-7-17-9-11/h5-6,8,11,14,17H,3-4,7,9H2,1-2H3,(H2,16,18).